The fourth-order valence-electron chi connectivity index (χ4n) is 3.76. The van der Waals surface area contributed by atoms with Crippen molar-refractivity contribution in [1.82, 2.24) is 15.0 Å². The van der Waals surface area contributed by atoms with Gasteiger partial charge in [0.05, 0.1) is 0 Å². The molecule has 1 fully saturated rings. The second-order valence-corrected chi connectivity index (χ2v) is 7.33. The molecule has 3 aromatic rings. The molecule has 7 heteroatoms. The topological polar surface area (TPSA) is 85.3 Å². The molecule has 29 heavy (non-hydrogen) atoms. The molecule has 1 amide bonds. The third kappa shape index (κ3) is 4.35. The van der Waals surface area contributed by atoms with E-state index in [4.69, 9.17) is 10.3 Å². The molecule has 0 aliphatic carbocycles. The second-order valence-electron chi connectivity index (χ2n) is 7.33. The summed E-state index contributed by atoms with van der Waals surface area (Å²) in [7, 11) is 0. The van der Waals surface area contributed by atoms with Crippen molar-refractivity contribution in [2.24, 2.45) is 5.73 Å². The molecular weight excluding hydrogens is 371 g/mol. The van der Waals surface area contributed by atoms with Crippen molar-refractivity contribution in [2.75, 3.05) is 6.54 Å². The van der Waals surface area contributed by atoms with E-state index in [1.54, 1.807) is 23.1 Å². The van der Waals surface area contributed by atoms with Crippen molar-refractivity contribution in [3.05, 3.63) is 71.9 Å². The maximum Gasteiger partial charge on any atom is 0.249 e. The zero-order valence-corrected chi connectivity index (χ0v) is 16.0. The largest absolute Gasteiger partial charge is 0.337 e. The van der Waals surface area contributed by atoms with Gasteiger partial charge in [0.25, 0.3) is 0 Å². The lowest BCUT2D eigenvalue weighted by atomic mass is 10.0. The smallest absolute Gasteiger partial charge is 0.249 e. The van der Waals surface area contributed by atoms with Gasteiger partial charge in [-0.2, -0.15) is 4.98 Å². The Bertz CT molecular complexity index is 976. The summed E-state index contributed by atoms with van der Waals surface area (Å²) in [5.41, 5.74) is 7.53. The molecule has 0 unspecified atom stereocenters. The van der Waals surface area contributed by atoms with Crippen molar-refractivity contribution >= 4 is 5.91 Å². The molecule has 2 heterocycles. The van der Waals surface area contributed by atoms with E-state index < -0.39 is 6.04 Å². The van der Waals surface area contributed by atoms with Gasteiger partial charge in [-0.05, 0) is 30.9 Å². The van der Waals surface area contributed by atoms with Gasteiger partial charge in [0.1, 0.15) is 11.9 Å². The number of carbonyl (C=O) groups is 1. The summed E-state index contributed by atoms with van der Waals surface area (Å²) in [6.07, 6.45) is 2.09. The van der Waals surface area contributed by atoms with Gasteiger partial charge in [0.2, 0.25) is 17.6 Å². The monoisotopic (exact) mass is 394 g/mol. The molecule has 1 aliphatic rings. The molecule has 0 saturated carbocycles. The van der Waals surface area contributed by atoms with Crippen LogP contribution in [0.4, 0.5) is 4.39 Å². The lowest BCUT2D eigenvalue weighted by molar-refractivity contribution is -0.132. The van der Waals surface area contributed by atoms with Crippen LogP contribution in [0.3, 0.4) is 0 Å². The molecule has 2 N–H and O–H groups in total. The van der Waals surface area contributed by atoms with Gasteiger partial charge in [-0.25, -0.2) is 4.39 Å². The Kier molecular flexibility index (Phi) is 5.67. The molecule has 6 nitrogen and oxygen atoms in total. The number of aromatic nitrogens is 2. The molecule has 1 aliphatic heterocycles. The van der Waals surface area contributed by atoms with E-state index in [9.17, 15) is 9.18 Å². The summed E-state index contributed by atoms with van der Waals surface area (Å²) < 4.78 is 19.3. The van der Waals surface area contributed by atoms with Crippen molar-refractivity contribution in [1.29, 1.82) is 0 Å². The Labute approximate surface area is 168 Å². The number of rotatable bonds is 6. The molecule has 0 radical (unpaired) electrons. The van der Waals surface area contributed by atoms with Gasteiger partial charge in [-0.3, -0.25) is 4.79 Å². The number of nitrogens with two attached hydrogens (primary N) is 1. The van der Waals surface area contributed by atoms with E-state index in [-0.39, 0.29) is 24.2 Å². The summed E-state index contributed by atoms with van der Waals surface area (Å²) in [4.78, 5) is 19.1. The second kappa shape index (κ2) is 8.53. The van der Waals surface area contributed by atoms with E-state index in [1.807, 2.05) is 30.3 Å². The van der Waals surface area contributed by atoms with Crippen LogP contribution in [0.2, 0.25) is 0 Å². The first-order chi connectivity index (χ1) is 14.1. The van der Waals surface area contributed by atoms with Crippen LogP contribution in [0.15, 0.2) is 59.1 Å². The average Bonchev–Trinajstić information content (AvgIpc) is 3.40. The molecule has 2 aromatic carbocycles. The molecule has 4 rings (SSSR count). The molecule has 1 saturated heterocycles. The summed E-state index contributed by atoms with van der Waals surface area (Å²) in [6, 6.07) is 15.4. The van der Waals surface area contributed by atoms with Crippen LogP contribution in [0.25, 0.3) is 11.4 Å². The minimum Gasteiger partial charge on any atom is -0.337 e. The molecule has 2 atom stereocenters. The zero-order chi connectivity index (χ0) is 20.2. The quantitative estimate of drug-likeness (QED) is 0.692. The van der Waals surface area contributed by atoms with Gasteiger partial charge in [-0.1, -0.05) is 53.7 Å². The highest BCUT2D eigenvalue weighted by Gasteiger charge is 2.34. The first kappa shape index (κ1) is 19.3. The lowest BCUT2D eigenvalue weighted by Crippen LogP contribution is -2.36. The van der Waals surface area contributed by atoms with Crippen LogP contribution in [0, 0.1) is 5.82 Å². The number of benzene rings is 2. The number of halogens is 1. The zero-order valence-electron chi connectivity index (χ0n) is 16.0. The van der Waals surface area contributed by atoms with Gasteiger partial charge in [-0.15, -0.1) is 0 Å². The highest BCUT2D eigenvalue weighted by molar-refractivity contribution is 5.77. The Morgan fingerprint density at radius 3 is 2.76 bits per heavy atom. The van der Waals surface area contributed by atoms with E-state index in [1.165, 1.54) is 6.07 Å². The third-order valence-corrected chi connectivity index (χ3v) is 5.21. The third-order valence-electron chi connectivity index (χ3n) is 5.21. The van der Waals surface area contributed by atoms with E-state index in [0.29, 0.717) is 30.2 Å². The molecule has 150 valence electrons. The van der Waals surface area contributed by atoms with Crippen LogP contribution in [-0.4, -0.2) is 33.5 Å². The SMILES string of the molecule is N[C@@H](CC(=O)N1CCC[C@H]1c1nc(-c2ccccc2)no1)Cc1ccccc1F. The lowest BCUT2D eigenvalue weighted by Gasteiger charge is -2.23. The van der Waals surface area contributed by atoms with E-state index in [2.05, 4.69) is 10.1 Å². The normalized spacial score (nSPS) is 17.4. The van der Waals surface area contributed by atoms with Crippen LogP contribution in [-0.2, 0) is 11.2 Å². The average molecular weight is 394 g/mol. The maximum atomic E-state index is 13.8. The molecule has 0 spiro atoms. The Balaban J connectivity index is 1.42. The van der Waals surface area contributed by atoms with E-state index in [0.717, 1.165) is 18.4 Å². The Hall–Kier alpha value is -3.06. The van der Waals surface area contributed by atoms with Crippen molar-refractivity contribution < 1.29 is 13.7 Å². The highest BCUT2D eigenvalue weighted by atomic mass is 19.1. The van der Waals surface area contributed by atoms with Gasteiger partial charge >= 0.3 is 0 Å². The molecular formula is C22H23FN4O2. The molecule has 1 aromatic heterocycles. The van der Waals surface area contributed by atoms with Crippen molar-refractivity contribution in [3.63, 3.8) is 0 Å². The number of hydrogen-bond donors (Lipinski definition) is 1. The van der Waals surface area contributed by atoms with Crippen molar-refractivity contribution in [3.8, 4) is 11.4 Å². The minimum atomic E-state index is -0.455. The predicted octanol–water partition coefficient (Wildman–Crippen LogP) is 3.50. The van der Waals surface area contributed by atoms with Crippen LogP contribution < -0.4 is 5.73 Å². The first-order valence-corrected chi connectivity index (χ1v) is 9.79. The summed E-state index contributed by atoms with van der Waals surface area (Å²) in [5, 5.41) is 4.06. The Morgan fingerprint density at radius 2 is 1.97 bits per heavy atom. The fourth-order valence-corrected chi connectivity index (χ4v) is 3.76. The summed E-state index contributed by atoms with van der Waals surface area (Å²) >= 11 is 0. The Morgan fingerprint density at radius 1 is 1.21 bits per heavy atom. The van der Waals surface area contributed by atoms with E-state index >= 15 is 0 Å². The van der Waals surface area contributed by atoms with Crippen LogP contribution in [0.1, 0.15) is 36.8 Å². The van der Waals surface area contributed by atoms with Gasteiger partial charge in [0.15, 0.2) is 0 Å². The van der Waals surface area contributed by atoms with Crippen LogP contribution in [0.5, 0.6) is 0 Å². The summed E-state index contributed by atoms with van der Waals surface area (Å²) in [5.74, 6) is 0.582. The number of nitrogens with zero attached hydrogens (tertiary/aromatic N) is 3. The van der Waals surface area contributed by atoms with Gasteiger partial charge < -0.3 is 15.2 Å². The van der Waals surface area contributed by atoms with Gasteiger partial charge in [0, 0.05) is 24.6 Å². The first-order valence-electron chi connectivity index (χ1n) is 9.79. The summed E-state index contributed by atoms with van der Waals surface area (Å²) in [6.45, 7) is 0.624. The number of amides is 1. The highest BCUT2D eigenvalue weighted by Crippen LogP contribution is 2.32. The number of hydrogen-bond acceptors (Lipinski definition) is 5. The number of likely N-dealkylation sites (tertiary alicyclic amines) is 1. The maximum absolute atomic E-state index is 13.8. The predicted molar refractivity (Wildman–Crippen MR) is 106 cm³/mol. The number of carbonyl (C=O) groups excluding carboxylic acids is 1. The minimum absolute atomic E-state index is 0.0733. The standard InChI is InChI=1S/C22H23FN4O2/c23-18-10-5-4-9-16(18)13-17(24)14-20(28)27-12-6-11-19(27)22-25-21(26-29-22)15-7-2-1-3-8-15/h1-5,7-10,17,19H,6,11-14,24H2/t17-,19+/m1/s1. The fraction of sp³-hybridized carbons (Fsp3) is 0.318. The van der Waals surface area contributed by atoms with Crippen LogP contribution >= 0.6 is 0 Å². The molecule has 0 bridgehead atoms. The van der Waals surface area contributed by atoms with Crippen molar-refractivity contribution in [2.45, 2.75) is 37.8 Å².